The van der Waals surface area contributed by atoms with Crippen LogP contribution >= 0.6 is 0 Å². The summed E-state index contributed by atoms with van der Waals surface area (Å²) in [6.45, 7) is 8.12. The number of nitrogens with one attached hydrogen (secondary N) is 1. The van der Waals surface area contributed by atoms with Gasteiger partial charge in [-0.05, 0) is 36.8 Å². The van der Waals surface area contributed by atoms with Gasteiger partial charge in [-0.25, -0.2) is 4.79 Å². The van der Waals surface area contributed by atoms with Crippen LogP contribution < -0.4 is 5.32 Å². The molecule has 6 heteroatoms. The summed E-state index contributed by atoms with van der Waals surface area (Å²) in [5, 5.41) is 2.81. The quantitative estimate of drug-likeness (QED) is 0.394. The van der Waals surface area contributed by atoms with E-state index >= 15 is 0 Å². The highest BCUT2D eigenvalue weighted by atomic mass is 16.5. The summed E-state index contributed by atoms with van der Waals surface area (Å²) in [6.07, 6.45) is 6.43. The smallest absolute Gasteiger partial charge is 0.329 e. The van der Waals surface area contributed by atoms with E-state index in [0.717, 1.165) is 12.0 Å². The second kappa shape index (κ2) is 11.2. The molecule has 0 radical (unpaired) electrons. The van der Waals surface area contributed by atoms with Crippen molar-refractivity contribution in [2.24, 2.45) is 5.92 Å². The summed E-state index contributed by atoms with van der Waals surface area (Å²) < 4.78 is 5.14. The van der Waals surface area contributed by atoms with Crippen LogP contribution in [0.15, 0.2) is 49.1 Å². The normalized spacial score (nSPS) is 17.3. The molecule has 1 aliphatic heterocycles. The molecule has 29 heavy (non-hydrogen) atoms. The Hall–Kier alpha value is -2.89. The van der Waals surface area contributed by atoms with E-state index in [2.05, 4.69) is 11.9 Å². The van der Waals surface area contributed by atoms with Crippen LogP contribution in [0, 0.1) is 5.92 Å². The molecule has 1 heterocycles. The van der Waals surface area contributed by atoms with Gasteiger partial charge in [-0.1, -0.05) is 56.8 Å². The molecule has 1 saturated heterocycles. The van der Waals surface area contributed by atoms with Gasteiger partial charge in [-0.2, -0.15) is 0 Å². The number of amides is 2. The lowest BCUT2D eigenvalue weighted by Gasteiger charge is -2.28. The van der Waals surface area contributed by atoms with E-state index in [1.807, 2.05) is 44.2 Å². The number of likely N-dealkylation sites (tertiary alicyclic amines) is 1. The van der Waals surface area contributed by atoms with Crippen molar-refractivity contribution in [3.63, 3.8) is 0 Å². The van der Waals surface area contributed by atoms with Crippen molar-refractivity contribution >= 4 is 23.9 Å². The Labute approximate surface area is 172 Å². The zero-order chi connectivity index (χ0) is 21.2. The minimum absolute atomic E-state index is 0.119. The molecule has 0 spiro atoms. The van der Waals surface area contributed by atoms with Gasteiger partial charge in [0.2, 0.25) is 11.8 Å². The van der Waals surface area contributed by atoms with Crippen molar-refractivity contribution < 1.29 is 19.1 Å². The molecule has 0 unspecified atom stereocenters. The summed E-state index contributed by atoms with van der Waals surface area (Å²) in [5.41, 5.74) is 0.902. The monoisotopic (exact) mass is 398 g/mol. The van der Waals surface area contributed by atoms with Crippen LogP contribution in [0.1, 0.15) is 38.7 Å². The molecule has 1 aromatic carbocycles. The van der Waals surface area contributed by atoms with Gasteiger partial charge in [-0.15, -0.1) is 0 Å². The number of rotatable bonds is 9. The maximum atomic E-state index is 13.1. The van der Waals surface area contributed by atoms with Crippen molar-refractivity contribution in [1.82, 2.24) is 10.2 Å². The summed E-state index contributed by atoms with van der Waals surface area (Å²) in [7, 11) is 0. The molecule has 156 valence electrons. The number of ether oxygens (including phenoxy) is 1. The zero-order valence-corrected chi connectivity index (χ0v) is 17.2. The third-order valence-corrected chi connectivity index (χ3v) is 4.70. The molecule has 6 nitrogen and oxygen atoms in total. The van der Waals surface area contributed by atoms with E-state index in [4.69, 9.17) is 4.74 Å². The maximum Gasteiger partial charge on any atom is 0.329 e. The zero-order valence-electron chi connectivity index (χ0n) is 17.2. The van der Waals surface area contributed by atoms with Crippen LogP contribution in [-0.2, 0) is 19.1 Å². The average Bonchev–Trinajstić information content (AvgIpc) is 3.20. The Kier molecular flexibility index (Phi) is 8.65. The molecule has 2 rings (SSSR count). The van der Waals surface area contributed by atoms with Crippen LogP contribution in [0.3, 0.4) is 0 Å². The Morgan fingerprint density at radius 1 is 1.28 bits per heavy atom. The SMILES string of the molecule is C=CCOC(=O)[C@@H]1CCCN1C(=O)[C@@H](CC(C)C)NC(=O)/C=C/c1ccccc1. The predicted octanol–water partition coefficient (Wildman–Crippen LogP) is 2.95. The fourth-order valence-electron chi connectivity index (χ4n) is 3.36. The van der Waals surface area contributed by atoms with E-state index in [0.29, 0.717) is 19.4 Å². The molecular formula is C23H30N2O4. The van der Waals surface area contributed by atoms with Crippen molar-refractivity contribution in [3.8, 4) is 0 Å². The van der Waals surface area contributed by atoms with Gasteiger partial charge in [0.1, 0.15) is 18.7 Å². The topological polar surface area (TPSA) is 75.7 Å². The molecule has 0 bridgehead atoms. The van der Waals surface area contributed by atoms with Crippen molar-refractivity contribution in [1.29, 1.82) is 0 Å². The van der Waals surface area contributed by atoms with Gasteiger partial charge in [-0.3, -0.25) is 9.59 Å². The molecule has 1 aromatic rings. The number of esters is 1. The second-order valence-corrected chi connectivity index (χ2v) is 7.54. The first-order valence-electron chi connectivity index (χ1n) is 10.0. The largest absolute Gasteiger partial charge is 0.460 e. The van der Waals surface area contributed by atoms with Gasteiger partial charge < -0.3 is 15.0 Å². The number of nitrogens with zero attached hydrogens (tertiary/aromatic N) is 1. The Morgan fingerprint density at radius 2 is 2.00 bits per heavy atom. The number of carbonyl (C=O) groups is 3. The number of carbonyl (C=O) groups excluding carboxylic acids is 3. The molecule has 0 aliphatic carbocycles. The average molecular weight is 399 g/mol. The maximum absolute atomic E-state index is 13.1. The number of hydrogen-bond donors (Lipinski definition) is 1. The fourth-order valence-corrected chi connectivity index (χ4v) is 3.36. The Bertz CT molecular complexity index is 743. The Balaban J connectivity index is 2.06. The highest BCUT2D eigenvalue weighted by molar-refractivity contribution is 5.96. The molecule has 1 fully saturated rings. The molecule has 0 saturated carbocycles. The predicted molar refractivity (Wildman–Crippen MR) is 113 cm³/mol. The molecular weight excluding hydrogens is 368 g/mol. The van der Waals surface area contributed by atoms with Crippen LogP contribution in [-0.4, -0.2) is 47.9 Å². The van der Waals surface area contributed by atoms with Crippen LogP contribution in [0.5, 0.6) is 0 Å². The van der Waals surface area contributed by atoms with Gasteiger partial charge >= 0.3 is 5.97 Å². The van der Waals surface area contributed by atoms with Crippen molar-refractivity contribution in [2.45, 2.75) is 45.2 Å². The lowest BCUT2D eigenvalue weighted by Crippen LogP contribution is -2.52. The van der Waals surface area contributed by atoms with Crippen LogP contribution in [0.25, 0.3) is 6.08 Å². The van der Waals surface area contributed by atoms with Gasteiger partial charge in [0, 0.05) is 12.6 Å². The highest BCUT2D eigenvalue weighted by Gasteiger charge is 2.38. The van der Waals surface area contributed by atoms with Crippen molar-refractivity contribution in [2.75, 3.05) is 13.2 Å². The van der Waals surface area contributed by atoms with E-state index in [1.165, 1.54) is 12.2 Å². The van der Waals surface area contributed by atoms with E-state index < -0.39 is 18.1 Å². The summed E-state index contributed by atoms with van der Waals surface area (Å²) in [6, 6.07) is 8.18. The molecule has 1 N–H and O–H groups in total. The van der Waals surface area contributed by atoms with Gasteiger partial charge in [0.15, 0.2) is 0 Å². The minimum Gasteiger partial charge on any atom is -0.460 e. The standard InChI is InChI=1S/C23H30N2O4/c1-4-15-29-23(28)20-11-8-14-25(20)22(27)19(16-17(2)3)24-21(26)13-12-18-9-6-5-7-10-18/h4-7,9-10,12-13,17,19-20H,1,8,11,14-16H2,2-3H3,(H,24,26)/b13-12+/t19-,20+/m1/s1. The number of benzene rings is 1. The summed E-state index contributed by atoms with van der Waals surface area (Å²) >= 11 is 0. The summed E-state index contributed by atoms with van der Waals surface area (Å²) in [4.78, 5) is 39.4. The van der Waals surface area contributed by atoms with Gasteiger partial charge in [0.25, 0.3) is 0 Å². The molecule has 2 amide bonds. The number of hydrogen-bond acceptors (Lipinski definition) is 4. The van der Waals surface area contributed by atoms with E-state index in [9.17, 15) is 14.4 Å². The van der Waals surface area contributed by atoms with E-state index in [-0.39, 0.29) is 24.3 Å². The van der Waals surface area contributed by atoms with E-state index in [1.54, 1.807) is 11.0 Å². The first-order valence-corrected chi connectivity index (χ1v) is 10.0. The van der Waals surface area contributed by atoms with Crippen molar-refractivity contribution in [3.05, 3.63) is 54.6 Å². The molecule has 0 aromatic heterocycles. The Morgan fingerprint density at radius 3 is 2.66 bits per heavy atom. The molecule has 2 atom stereocenters. The first-order chi connectivity index (χ1) is 13.9. The lowest BCUT2D eigenvalue weighted by atomic mass is 10.0. The summed E-state index contributed by atoms with van der Waals surface area (Å²) in [5.74, 6) is -0.790. The molecule has 1 aliphatic rings. The second-order valence-electron chi connectivity index (χ2n) is 7.54. The third kappa shape index (κ3) is 6.89. The minimum atomic E-state index is -0.685. The third-order valence-electron chi connectivity index (χ3n) is 4.70. The van der Waals surface area contributed by atoms with Crippen LogP contribution in [0.2, 0.25) is 0 Å². The van der Waals surface area contributed by atoms with Crippen LogP contribution in [0.4, 0.5) is 0 Å². The highest BCUT2D eigenvalue weighted by Crippen LogP contribution is 2.21. The lowest BCUT2D eigenvalue weighted by molar-refractivity contribution is -0.153. The first kappa shape index (κ1) is 22.4. The fraction of sp³-hybridized carbons (Fsp3) is 0.435. The van der Waals surface area contributed by atoms with Gasteiger partial charge in [0.05, 0.1) is 0 Å².